The zero-order valence-electron chi connectivity index (χ0n) is 19.4. The third kappa shape index (κ3) is 6.19. The van der Waals surface area contributed by atoms with Crippen LogP contribution in [0, 0.1) is 0 Å². The first-order valence-corrected chi connectivity index (χ1v) is 11.8. The molecule has 1 aliphatic rings. The van der Waals surface area contributed by atoms with Crippen molar-refractivity contribution in [3.63, 3.8) is 0 Å². The molecule has 0 aliphatic carbocycles. The van der Waals surface area contributed by atoms with Crippen molar-refractivity contribution in [1.29, 1.82) is 0 Å². The van der Waals surface area contributed by atoms with Crippen LogP contribution in [0.25, 0.3) is 10.8 Å². The minimum Gasteiger partial charge on any atom is -1.00 e. The quantitative estimate of drug-likeness (QED) is 0.359. The van der Waals surface area contributed by atoms with Crippen molar-refractivity contribution in [2.24, 2.45) is 0 Å². The van der Waals surface area contributed by atoms with E-state index < -0.39 is 5.97 Å². The molecule has 0 fully saturated rings. The first-order valence-electron chi connectivity index (χ1n) is 11.8. The van der Waals surface area contributed by atoms with Gasteiger partial charge in [0.15, 0.2) is 5.71 Å². The molecule has 0 radical (unpaired) electrons. The van der Waals surface area contributed by atoms with Crippen molar-refractivity contribution in [2.75, 3.05) is 6.54 Å². The van der Waals surface area contributed by atoms with Gasteiger partial charge in [0.05, 0.1) is 5.41 Å². The van der Waals surface area contributed by atoms with E-state index in [4.69, 9.17) is 5.11 Å². The van der Waals surface area contributed by atoms with Gasteiger partial charge in [-0.3, -0.25) is 4.79 Å². The van der Waals surface area contributed by atoms with Gasteiger partial charge >= 0.3 is 5.97 Å². The molecule has 170 valence electrons. The maximum Gasteiger partial charge on any atom is 0.303 e. The van der Waals surface area contributed by atoms with Gasteiger partial charge in [-0.2, -0.15) is 4.58 Å². The van der Waals surface area contributed by atoms with Crippen LogP contribution < -0.4 is 17.0 Å². The van der Waals surface area contributed by atoms with Gasteiger partial charge in [-0.25, -0.2) is 0 Å². The van der Waals surface area contributed by atoms with E-state index in [2.05, 4.69) is 61.7 Å². The Morgan fingerprint density at radius 2 is 1.45 bits per heavy atom. The predicted octanol–water partition coefficient (Wildman–Crippen LogP) is 4.23. The lowest BCUT2D eigenvalue weighted by Crippen LogP contribution is -3.00. The van der Waals surface area contributed by atoms with Crippen LogP contribution in [0.3, 0.4) is 0 Å². The van der Waals surface area contributed by atoms with Crippen molar-refractivity contribution in [1.82, 2.24) is 0 Å². The number of nitrogens with zero attached hydrogens (tertiary/aromatic N) is 1. The monoisotopic (exact) mass is 487 g/mol. The molecule has 0 spiro atoms. The summed E-state index contributed by atoms with van der Waals surface area (Å²) in [7, 11) is 0. The van der Waals surface area contributed by atoms with Crippen LogP contribution in [0.1, 0.15) is 90.5 Å². The van der Waals surface area contributed by atoms with Crippen LogP contribution in [0.4, 0.5) is 5.69 Å². The molecular weight excluding hydrogens is 450 g/mol. The number of halogens is 1. The topological polar surface area (TPSA) is 40.3 Å². The molecule has 3 rings (SSSR count). The summed E-state index contributed by atoms with van der Waals surface area (Å²) in [6.45, 7) is 8.14. The highest BCUT2D eigenvalue weighted by atomic mass is 79.9. The van der Waals surface area contributed by atoms with Crippen LogP contribution >= 0.6 is 0 Å². The fourth-order valence-electron chi connectivity index (χ4n) is 4.91. The molecule has 3 nitrogen and oxygen atoms in total. The number of rotatable bonds is 12. The molecule has 1 aliphatic heterocycles. The Hall–Kier alpha value is -1.68. The molecule has 0 unspecified atom stereocenters. The number of hydrogen-bond donors (Lipinski definition) is 1. The summed E-state index contributed by atoms with van der Waals surface area (Å²) in [5, 5.41) is 11.4. The summed E-state index contributed by atoms with van der Waals surface area (Å²) in [5.74, 6) is -0.667. The van der Waals surface area contributed by atoms with Crippen LogP contribution in [-0.2, 0) is 10.2 Å². The number of hydrogen-bond acceptors (Lipinski definition) is 1. The van der Waals surface area contributed by atoms with E-state index in [1.165, 1.54) is 72.7 Å². The molecule has 2 aromatic rings. The SMILES string of the molecule is CC1=[N+](CCCCCCCCCCCC(=O)O)c2ccc3ccccc3c2C1(C)C.[Br-]. The summed E-state index contributed by atoms with van der Waals surface area (Å²) in [5.41, 5.74) is 4.44. The average Bonchev–Trinajstić information content (AvgIpc) is 2.92. The number of carbonyl (C=O) groups is 1. The Kier molecular flexibility index (Phi) is 9.74. The van der Waals surface area contributed by atoms with Gasteiger partial charge in [0.1, 0.15) is 6.54 Å². The van der Waals surface area contributed by atoms with E-state index in [-0.39, 0.29) is 22.4 Å². The maximum absolute atomic E-state index is 10.5. The highest BCUT2D eigenvalue weighted by Gasteiger charge is 2.43. The first kappa shape index (κ1) is 25.6. The highest BCUT2D eigenvalue weighted by molar-refractivity contribution is 6.01. The van der Waals surface area contributed by atoms with E-state index >= 15 is 0 Å². The minimum absolute atomic E-state index is 0. The molecule has 2 aromatic carbocycles. The smallest absolute Gasteiger partial charge is 0.303 e. The Morgan fingerprint density at radius 3 is 2.10 bits per heavy atom. The molecule has 0 aromatic heterocycles. The number of aliphatic carboxylic acids is 1. The molecule has 0 amide bonds. The van der Waals surface area contributed by atoms with Gasteiger partial charge < -0.3 is 22.1 Å². The molecular formula is C27H38BrNO2. The molecule has 0 saturated heterocycles. The van der Waals surface area contributed by atoms with Crippen molar-refractivity contribution >= 4 is 28.1 Å². The summed E-state index contributed by atoms with van der Waals surface area (Å²) >= 11 is 0. The Labute approximate surface area is 198 Å². The lowest BCUT2D eigenvalue weighted by Gasteiger charge is -2.17. The van der Waals surface area contributed by atoms with Crippen LogP contribution in [-0.4, -0.2) is 27.9 Å². The van der Waals surface area contributed by atoms with E-state index in [0.717, 1.165) is 19.4 Å². The largest absolute Gasteiger partial charge is 1.00 e. The molecule has 0 atom stereocenters. The second-order valence-electron chi connectivity index (χ2n) is 9.37. The van der Waals surface area contributed by atoms with E-state index in [9.17, 15) is 4.79 Å². The summed E-state index contributed by atoms with van der Waals surface area (Å²) in [4.78, 5) is 10.5. The first-order chi connectivity index (χ1) is 14.4. The fraction of sp³-hybridized carbons (Fsp3) is 0.556. The van der Waals surface area contributed by atoms with Crippen molar-refractivity contribution in [3.05, 3.63) is 42.0 Å². The third-order valence-electron chi connectivity index (χ3n) is 6.90. The molecule has 4 heteroatoms. The summed E-state index contributed by atoms with van der Waals surface area (Å²) in [6, 6.07) is 13.4. The predicted molar refractivity (Wildman–Crippen MR) is 126 cm³/mol. The summed E-state index contributed by atoms with van der Waals surface area (Å²) < 4.78 is 2.56. The fourth-order valence-corrected chi connectivity index (χ4v) is 4.91. The Morgan fingerprint density at radius 1 is 0.871 bits per heavy atom. The number of fused-ring (bicyclic) bond motifs is 3. The van der Waals surface area contributed by atoms with Gasteiger partial charge in [0, 0.05) is 31.4 Å². The maximum atomic E-state index is 10.5. The van der Waals surface area contributed by atoms with Gasteiger partial charge in [-0.05, 0) is 43.5 Å². The van der Waals surface area contributed by atoms with Gasteiger partial charge in [-0.1, -0.05) is 62.8 Å². The Bertz CT molecular complexity index is 917. The second kappa shape index (κ2) is 11.8. The van der Waals surface area contributed by atoms with Gasteiger partial charge in [0.25, 0.3) is 0 Å². The second-order valence-corrected chi connectivity index (χ2v) is 9.37. The molecule has 1 N–H and O–H groups in total. The molecule has 0 saturated carbocycles. The highest BCUT2D eigenvalue weighted by Crippen LogP contribution is 2.43. The molecule has 1 heterocycles. The van der Waals surface area contributed by atoms with E-state index in [1.807, 2.05) is 0 Å². The van der Waals surface area contributed by atoms with Crippen LogP contribution in [0.5, 0.6) is 0 Å². The van der Waals surface area contributed by atoms with Crippen LogP contribution in [0.2, 0.25) is 0 Å². The minimum atomic E-state index is -0.667. The third-order valence-corrected chi connectivity index (χ3v) is 6.90. The average molecular weight is 489 g/mol. The zero-order chi connectivity index (χ0) is 21.6. The zero-order valence-corrected chi connectivity index (χ0v) is 21.0. The standard InChI is InChI=1S/C27H37NO2.BrH/c1-21-27(2,3)26-23-16-13-12-15-22(23)18-19-24(26)28(21)20-14-10-8-6-4-5-7-9-11-17-25(29)30;/h12-13,15-16,18-19H,4-11,14,17,20H2,1-3H3;1H. The van der Waals surface area contributed by atoms with E-state index in [1.54, 1.807) is 0 Å². The number of benzene rings is 2. The number of carboxylic acids is 1. The lowest BCUT2D eigenvalue weighted by atomic mass is 9.80. The van der Waals surface area contributed by atoms with Gasteiger partial charge in [-0.15, -0.1) is 0 Å². The summed E-state index contributed by atoms with van der Waals surface area (Å²) in [6.07, 6.45) is 11.0. The molecule has 0 bridgehead atoms. The Balaban J connectivity index is 0.00000341. The normalized spacial score (nSPS) is 14.5. The number of unbranched alkanes of at least 4 members (excludes halogenated alkanes) is 8. The van der Waals surface area contributed by atoms with E-state index in [0.29, 0.717) is 6.42 Å². The molecule has 31 heavy (non-hydrogen) atoms. The van der Waals surface area contributed by atoms with Gasteiger partial charge in [0.2, 0.25) is 5.69 Å². The van der Waals surface area contributed by atoms with Crippen molar-refractivity contribution in [2.45, 2.75) is 90.4 Å². The lowest BCUT2D eigenvalue weighted by molar-refractivity contribution is -0.439. The van der Waals surface area contributed by atoms with Crippen molar-refractivity contribution < 1.29 is 31.5 Å². The number of carboxylic acid groups (broad SMARTS) is 1. The van der Waals surface area contributed by atoms with Crippen molar-refractivity contribution in [3.8, 4) is 0 Å². The van der Waals surface area contributed by atoms with Crippen LogP contribution in [0.15, 0.2) is 36.4 Å².